The topological polar surface area (TPSA) is 66.4 Å². The van der Waals surface area contributed by atoms with Crippen LogP contribution >= 0.6 is 11.3 Å². The van der Waals surface area contributed by atoms with Crippen LogP contribution in [0.15, 0.2) is 29.8 Å². The molecule has 0 radical (unpaired) electrons. The molecule has 1 fully saturated rings. The molecule has 2 aromatic heterocycles. The van der Waals surface area contributed by atoms with Crippen LogP contribution in [0.25, 0.3) is 10.7 Å². The molecule has 0 N–H and O–H groups in total. The zero-order chi connectivity index (χ0) is 14.7. The first-order valence-corrected chi connectivity index (χ1v) is 7.51. The van der Waals surface area contributed by atoms with Crippen LogP contribution in [0.4, 0.5) is 0 Å². The van der Waals surface area contributed by atoms with Gasteiger partial charge in [0.15, 0.2) is 0 Å². The van der Waals surface area contributed by atoms with Gasteiger partial charge in [-0.25, -0.2) is 4.98 Å². The highest BCUT2D eigenvalue weighted by molar-refractivity contribution is 7.13. The third kappa shape index (κ3) is 2.92. The Bertz CT molecular complexity index is 635. The number of piperazine rings is 1. The maximum Gasteiger partial charge on any atom is 0.273 e. The van der Waals surface area contributed by atoms with Crippen LogP contribution < -0.4 is 0 Å². The number of pyridine rings is 1. The summed E-state index contributed by atoms with van der Waals surface area (Å²) in [6, 6.07) is 5.61. The molecule has 1 aliphatic rings. The van der Waals surface area contributed by atoms with Crippen molar-refractivity contribution in [3.05, 3.63) is 35.5 Å². The van der Waals surface area contributed by atoms with Crippen LogP contribution in [-0.2, 0) is 4.79 Å². The summed E-state index contributed by atoms with van der Waals surface area (Å²) >= 11 is 1.41. The molecule has 0 spiro atoms. The second kappa shape index (κ2) is 6.01. The Morgan fingerprint density at radius 2 is 2.05 bits per heavy atom. The molecule has 3 heterocycles. The number of nitrogens with zero attached hydrogens (tertiary/aromatic N) is 4. The van der Waals surface area contributed by atoms with E-state index in [1.165, 1.54) is 11.3 Å². The normalized spacial score (nSPS) is 15.0. The van der Waals surface area contributed by atoms with Gasteiger partial charge in [-0.1, -0.05) is 6.07 Å². The minimum Gasteiger partial charge on any atom is -0.342 e. The smallest absolute Gasteiger partial charge is 0.273 e. The van der Waals surface area contributed by atoms with Gasteiger partial charge in [-0.3, -0.25) is 14.6 Å². The fourth-order valence-corrected chi connectivity index (χ4v) is 2.94. The number of hydrogen-bond donors (Lipinski definition) is 0. The predicted molar refractivity (Wildman–Crippen MR) is 78.9 cm³/mol. The SMILES string of the molecule is O=CN1CCN(C(=O)c2csc(-c3ccccn3)n2)CC1. The number of aromatic nitrogens is 2. The van der Waals surface area contributed by atoms with Gasteiger partial charge in [0.1, 0.15) is 10.7 Å². The van der Waals surface area contributed by atoms with Gasteiger partial charge in [0, 0.05) is 37.8 Å². The first kappa shape index (κ1) is 13.7. The molecule has 1 aliphatic heterocycles. The molecular weight excluding hydrogens is 288 g/mol. The average Bonchev–Trinajstić information content (AvgIpc) is 3.05. The van der Waals surface area contributed by atoms with Gasteiger partial charge in [-0.2, -0.15) is 0 Å². The molecule has 108 valence electrons. The molecule has 0 saturated carbocycles. The summed E-state index contributed by atoms with van der Waals surface area (Å²) in [5, 5.41) is 2.50. The van der Waals surface area contributed by atoms with Crippen molar-refractivity contribution in [3.63, 3.8) is 0 Å². The molecule has 1 saturated heterocycles. The molecule has 2 aromatic rings. The molecule has 2 amide bonds. The van der Waals surface area contributed by atoms with Gasteiger partial charge in [-0.15, -0.1) is 11.3 Å². The summed E-state index contributed by atoms with van der Waals surface area (Å²) in [5.41, 5.74) is 1.22. The number of carbonyl (C=O) groups excluding carboxylic acids is 2. The standard InChI is InChI=1S/C14H14N4O2S/c19-10-17-5-7-18(8-6-17)14(20)12-9-21-13(16-12)11-3-1-2-4-15-11/h1-4,9-10H,5-8H2. The number of rotatable bonds is 3. The van der Waals surface area contributed by atoms with Gasteiger partial charge in [0.25, 0.3) is 5.91 Å². The Morgan fingerprint density at radius 3 is 2.71 bits per heavy atom. The van der Waals surface area contributed by atoms with Crippen molar-refractivity contribution in [1.29, 1.82) is 0 Å². The molecule has 0 bridgehead atoms. The van der Waals surface area contributed by atoms with Crippen molar-refractivity contribution in [1.82, 2.24) is 19.8 Å². The van der Waals surface area contributed by atoms with E-state index in [2.05, 4.69) is 9.97 Å². The largest absolute Gasteiger partial charge is 0.342 e. The first-order valence-electron chi connectivity index (χ1n) is 6.63. The van der Waals surface area contributed by atoms with E-state index in [-0.39, 0.29) is 5.91 Å². The van der Waals surface area contributed by atoms with Crippen molar-refractivity contribution in [2.45, 2.75) is 0 Å². The Morgan fingerprint density at radius 1 is 1.24 bits per heavy atom. The van der Waals surface area contributed by atoms with Crippen molar-refractivity contribution < 1.29 is 9.59 Å². The van der Waals surface area contributed by atoms with Crippen molar-refractivity contribution in [2.24, 2.45) is 0 Å². The molecule has 3 rings (SSSR count). The summed E-state index contributed by atoms with van der Waals surface area (Å²) in [6.07, 6.45) is 2.53. The second-order valence-electron chi connectivity index (χ2n) is 4.69. The van der Waals surface area contributed by atoms with Crippen LogP contribution in [0.5, 0.6) is 0 Å². The fourth-order valence-electron chi connectivity index (χ4n) is 2.17. The summed E-state index contributed by atoms with van der Waals surface area (Å²) in [4.78, 5) is 35.1. The lowest BCUT2D eigenvalue weighted by atomic mass is 10.3. The summed E-state index contributed by atoms with van der Waals surface area (Å²) in [6.45, 7) is 2.25. The number of thiazole rings is 1. The molecule has 0 aromatic carbocycles. The third-order valence-corrected chi connectivity index (χ3v) is 4.22. The van der Waals surface area contributed by atoms with Crippen LogP contribution in [-0.4, -0.2) is 58.3 Å². The van der Waals surface area contributed by atoms with Crippen LogP contribution in [0, 0.1) is 0 Å². The predicted octanol–water partition coefficient (Wildman–Crippen LogP) is 1.12. The maximum atomic E-state index is 12.4. The fraction of sp³-hybridized carbons (Fsp3) is 0.286. The maximum absolute atomic E-state index is 12.4. The lowest BCUT2D eigenvalue weighted by Gasteiger charge is -2.32. The van der Waals surface area contributed by atoms with E-state index in [1.807, 2.05) is 18.2 Å². The van der Waals surface area contributed by atoms with Crippen molar-refractivity contribution in [3.8, 4) is 10.7 Å². The summed E-state index contributed by atoms with van der Waals surface area (Å²) in [7, 11) is 0. The lowest BCUT2D eigenvalue weighted by Crippen LogP contribution is -2.48. The van der Waals surface area contributed by atoms with E-state index in [1.54, 1.807) is 21.4 Å². The number of carbonyl (C=O) groups is 2. The van der Waals surface area contributed by atoms with E-state index in [9.17, 15) is 9.59 Å². The first-order chi connectivity index (χ1) is 10.3. The molecular formula is C14H14N4O2S. The molecule has 0 unspecified atom stereocenters. The van der Waals surface area contributed by atoms with E-state index in [4.69, 9.17) is 0 Å². The highest BCUT2D eigenvalue weighted by Crippen LogP contribution is 2.22. The average molecular weight is 302 g/mol. The van der Waals surface area contributed by atoms with Crippen LogP contribution in [0.3, 0.4) is 0 Å². The number of amides is 2. The van der Waals surface area contributed by atoms with E-state index in [0.717, 1.165) is 17.1 Å². The highest BCUT2D eigenvalue weighted by Gasteiger charge is 2.23. The summed E-state index contributed by atoms with van der Waals surface area (Å²) in [5.74, 6) is -0.0843. The van der Waals surface area contributed by atoms with Gasteiger partial charge in [-0.05, 0) is 12.1 Å². The minimum atomic E-state index is -0.0843. The molecule has 7 heteroatoms. The number of hydrogen-bond acceptors (Lipinski definition) is 5. The van der Waals surface area contributed by atoms with E-state index < -0.39 is 0 Å². The van der Waals surface area contributed by atoms with Crippen LogP contribution in [0.2, 0.25) is 0 Å². The highest BCUT2D eigenvalue weighted by atomic mass is 32.1. The Hall–Kier alpha value is -2.28. The molecule has 0 aliphatic carbocycles. The Balaban J connectivity index is 1.72. The Labute approximate surface area is 126 Å². The quantitative estimate of drug-likeness (QED) is 0.797. The zero-order valence-corrected chi connectivity index (χ0v) is 12.1. The van der Waals surface area contributed by atoms with Gasteiger partial charge in [0.2, 0.25) is 6.41 Å². The third-order valence-electron chi connectivity index (χ3n) is 3.36. The molecule has 21 heavy (non-hydrogen) atoms. The molecule has 0 atom stereocenters. The zero-order valence-electron chi connectivity index (χ0n) is 11.3. The monoisotopic (exact) mass is 302 g/mol. The molecule has 6 nitrogen and oxygen atoms in total. The van der Waals surface area contributed by atoms with E-state index >= 15 is 0 Å². The Kier molecular flexibility index (Phi) is 3.92. The summed E-state index contributed by atoms with van der Waals surface area (Å²) < 4.78 is 0. The van der Waals surface area contributed by atoms with Crippen LogP contribution in [0.1, 0.15) is 10.5 Å². The van der Waals surface area contributed by atoms with Gasteiger partial charge in [0.05, 0.1) is 5.69 Å². The van der Waals surface area contributed by atoms with Crippen molar-refractivity contribution in [2.75, 3.05) is 26.2 Å². The lowest BCUT2D eigenvalue weighted by molar-refractivity contribution is -0.119. The van der Waals surface area contributed by atoms with Gasteiger partial charge >= 0.3 is 0 Å². The van der Waals surface area contributed by atoms with E-state index in [0.29, 0.717) is 31.9 Å². The van der Waals surface area contributed by atoms with Gasteiger partial charge < -0.3 is 9.80 Å². The van der Waals surface area contributed by atoms with Crippen molar-refractivity contribution >= 4 is 23.7 Å². The second-order valence-corrected chi connectivity index (χ2v) is 5.54. The minimum absolute atomic E-state index is 0.0843.